The van der Waals surface area contributed by atoms with Gasteiger partial charge in [-0.05, 0) is 36.4 Å². The fourth-order valence-electron chi connectivity index (χ4n) is 2.55. The Labute approximate surface area is 166 Å². The van der Waals surface area contributed by atoms with Crippen molar-refractivity contribution < 1.29 is 14.3 Å². The van der Waals surface area contributed by atoms with Gasteiger partial charge in [-0.25, -0.2) is 20.6 Å². The maximum Gasteiger partial charge on any atom is 0.335 e. The molecule has 0 aliphatic carbocycles. The molecule has 0 aliphatic heterocycles. The van der Waals surface area contributed by atoms with E-state index in [0.29, 0.717) is 27.9 Å². The molecule has 8 nitrogen and oxygen atoms in total. The molecule has 144 valence electrons. The molecule has 28 heavy (non-hydrogen) atoms. The van der Waals surface area contributed by atoms with Gasteiger partial charge in [0.05, 0.1) is 25.6 Å². The fourth-order valence-corrected chi connectivity index (χ4v) is 2.68. The molecule has 1 heterocycles. The molecule has 1 aromatic heterocycles. The highest BCUT2D eigenvalue weighted by Crippen LogP contribution is 2.33. The lowest BCUT2D eigenvalue weighted by Gasteiger charge is -2.12. The Balaban J connectivity index is 2.11. The van der Waals surface area contributed by atoms with Gasteiger partial charge in [-0.1, -0.05) is 23.7 Å². The highest BCUT2D eigenvalue weighted by atomic mass is 35.5. The summed E-state index contributed by atoms with van der Waals surface area (Å²) in [6.45, 7) is 0. The van der Waals surface area contributed by atoms with Crippen molar-refractivity contribution in [3.8, 4) is 34.0 Å². The van der Waals surface area contributed by atoms with Crippen LogP contribution in [0.25, 0.3) is 22.5 Å². The van der Waals surface area contributed by atoms with Crippen molar-refractivity contribution in [2.45, 2.75) is 0 Å². The smallest absolute Gasteiger partial charge is 0.335 e. The normalized spacial score (nSPS) is 10.3. The second kappa shape index (κ2) is 8.55. The van der Waals surface area contributed by atoms with Crippen LogP contribution in [0.2, 0.25) is 5.02 Å². The van der Waals surface area contributed by atoms with Crippen LogP contribution in [0.5, 0.6) is 11.5 Å². The van der Waals surface area contributed by atoms with Gasteiger partial charge >= 0.3 is 6.03 Å². The van der Waals surface area contributed by atoms with Gasteiger partial charge in [0.25, 0.3) is 0 Å². The van der Waals surface area contributed by atoms with Gasteiger partial charge < -0.3 is 9.47 Å². The monoisotopic (exact) mass is 399 g/mol. The quantitative estimate of drug-likeness (QED) is 0.344. The Kier molecular flexibility index (Phi) is 5.93. The molecular formula is C19H18ClN5O3. The third kappa shape index (κ3) is 4.30. The number of carbonyl (C=O) groups excluding carboxylic acids is 1. The Morgan fingerprint density at radius 1 is 0.929 bits per heavy atom. The van der Waals surface area contributed by atoms with Crippen LogP contribution in [0, 0.1) is 0 Å². The van der Waals surface area contributed by atoms with Gasteiger partial charge in [-0.15, -0.1) is 0 Å². The Morgan fingerprint density at radius 2 is 1.54 bits per heavy atom. The van der Waals surface area contributed by atoms with Crippen LogP contribution in [0.1, 0.15) is 0 Å². The number of anilines is 1. The van der Waals surface area contributed by atoms with Crippen LogP contribution in [0.4, 0.5) is 10.7 Å². The number of methoxy groups -OCH3 is 2. The van der Waals surface area contributed by atoms with Crippen molar-refractivity contribution in [1.29, 1.82) is 0 Å². The second-order valence-corrected chi connectivity index (χ2v) is 6.07. The van der Waals surface area contributed by atoms with Gasteiger partial charge in [0.15, 0.2) is 11.5 Å². The van der Waals surface area contributed by atoms with E-state index in [1.54, 1.807) is 44.6 Å². The maximum atomic E-state index is 11.6. The Bertz CT molecular complexity index is 995. The van der Waals surface area contributed by atoms with Gasteiger partial charge in [-0.2, -0.15) is 0 Å². The summed E-state index contributed by atoms with van der Waals surface area (Å²) in [5, 5.41) is 3.11. The van der Waals surface area contributed by atoms with Crippen molar-refractivity contribution in [1.82, 2.24) is 15.4 Å². The zero-order chi connectivity index (χ0) is 20.1. The van der Waals surface area contributed by atoms with E-state index in [-0.39, 0.29) is 5.95 Å². The number of nitrogens with one attached hydrogen (secondary N) is 2. The predicted molar refractivity (Wildman–Crippen MR) is 107 cm³/mol. The number of rotatable bonds is 5. The number of hydrogen-bond acceptors (Lipinski definition) is 6. The largest absolute Gasteiger partial charge is 0.493 e. The summed E-state index contributed by atoms with van der Waals surface area (Å²) < 4.78 is 10.6. The number of carbonyl (C=O) groups is 1. The third-order valence-corrected chi connectivity index (χ3v) is 4.15. The second-order valence-electron chi connectivity index (χ2n) is 5.64. The molecule has 0 atom stereocenters. The van der Waals surface area contributed by atoms with E-state index in [1.807, 2.05) is 23.6 Å². The average molecular weight is 400 g/mol. The minimum Gasteiger partial charge on any atom is -0.493 e. The summed E-state index contributed by atoms with van der Waals surface area (Å²) in [6.07, 6.45) is 0. The number of amides is 2. The molecule has 0 fully saturated rings. The first-order valence-corrected chi connectivity index (χ1v) is 8.57. The molecule has 3 aromatic rings. The molecule has 4 N–H and O–H groups in total. The predicted octanol–water partition coefficient (Wildman–Crippen LogP) is 3.48. The van der Waals surface area contributed by atoms with Crippen LogP contribution >= 0.6 is 11.6 Å². The van der Waals surface area contributed by atoms with Gasteiger partial charge in [0.2, 0.25) is 5.95 Å². The number of ether oxygens (including phenoxy) is 2. The number of hydrazine groups is 1. The van der Waals surface area contributed by atoms with Gasteiger partial charge in [0, 0.05) is 16.1 Å². The lowest BCUT2D eigenvalue weighted by Crippen LogP contribution is -2.34. The van der Waals surface area contributed by atoms with Crippen LogP contribution in [-0.4, -0.2) is 30.2 Å². The standard InChI is InChI=1S/C19H18ClN5O3/c1-27-16-8-5-12(9-17(16)28-2)15-10-14(11-3-6-13(20)7-4-11)22-18(23-15)24-19(26)25-21/h3-10H,21H2,1-2H3,(H2,22,23,24,25,26). The zero-order valence-electron chi connectivity index (χ0n) is 15.2. The molecule has 0 saturated carbocycles. The molecule has 0 unspecified atom stereocenters. The first kappa shape index (κ1) is 19.4. The van der Waals surface area contributed by atoms with E-state index in [4.69, 9.17) is 26.9 Å². The topological polar surface area (TPSA) is 111 Å². The van der Waals surface area contributed by atoms with Crippen LogP contribution in [0.15, 0.2) is 48.5 Å². The Hall–Kier alpha value is -3.36. The number of nitrogens with two attached hydrogens (primary N) is 1. The summed E-state index contributed by atoms with van der Waals surface area (Å²) in [7, 11) is 3.12. The minimum atomic E-state index is -0.633. The van der Waals surface area contributed by atoms with Crippen molar-refractivity contribution in [2.24, 2.45) is 5.84 Å². The van der Waals surface area contributed by atoms with E-state index in [9.17, 15) is 4.79 Å². The number of benzene rings is 2. The Morgan fingerprint density at radius 3 is 2.14 bits per heavy atom. The molecule has 0 radical (unpaired) electrons. The van der Waals surface area contributed by atoms with Crippen molar-refractivity contribution >= 4 is 23.6 Å². The number of aromatic nitrogens is 2. The number of nitrogens with zero attached hydrogens (tertiary/aromatic N) is 2. The van der Waals surface area contributed by atoms with E-state index in [0.717, 1.165) is 11.1 Å². The van der Waals surface area contributed by atoms with Crippen molar-refractivity contribution in [3.63, 3.8) is 0 Å². The van der Waals surface area contributed by atoms with E-state index in [2.05, 4.69) is 15.3 Å². The zero-order valence-corrected chi connectivity index (χ0v) is 15.9. The molecular weight excluding hydrogens is 382 g/mol. The molecule has 9 heteroatoms. The van der Waals surface area contributed by atoms with Gasteiger partial charge in [0.1, 0.15) is 0 Å². The first-order valence-electron chi connectivity index (χ1n) is 8.19. The van der Waals surface area contributed by atoms with Crippen LogP contribution in [-0.2, 0) is 0 Å². The number of hydrogen-bond donors (Lipinski definition) is 3. The lowest BCUT2D eigenvalue weighted by atomic mass is 10.1. The number of urea groups is 1. The molecule has 0 aliphatic rings. The van der Waals surface area contributed by atoms with E-state index >= 15 is 0 Å². The molecule has 2 amide bonds. The summed E-state index contributed by atoms with van der Waals surface area (Å²) in [6, 6.07) is 13.7. The average Bonchev–Trinajstić information content (AvgIpc) is 2.73. The summed E-state index contributed by atoms with van der Waals surface area (Å²) in [5.41, 5.74) is 4.73. The highest BCUT2D eigenvalue weighted by Gasteiger charge is 2.13. The first-order chi connectivity index (χ1) is 13.5. The summed E-state index contributed by atoms with van der Waals surface area (Å²) in [4.78, 5) is 20.4. The minimum absolute atomic E-state index is 0.0974. The summed E-state index contributed by atoms with van der Waals surface area (Å²) >= 11 is 5.97. The highest BCUT2D eigenvalue weighted by molar-refractivity contribution is 6.30. The SMILES string of the molecule is COc1ccc(-c2cc(-c3ccc(Cl)cc3)nc(NC(=O)NN)n2)cc1OC. The molecule has 0 saturated heterocycles. The van der Waals surface area contributed by atoms with E-state index < -0.39 is 6.03 Å². The third-order valence-electron chi connectivity index (χ3n) is 3.90. The lowest BCUT2D eigenvalue weighted by molar-refractivity contribution is 0.252. The van der Waals surface area contributed by atoms with Crippen LogP contribution < -0.4 is 26.1 Å². The van der Waals surface area contributed by atoms with Crippen molar-refractivity contribution in [3.05, 3.63) is 53.6 Å². The van der Waals surface area contributed by atoms with E-state index in [1.165, 1.54) is 0 Å². The van der Waals surface area contributed by atoms with Gasteiger partial charge in [-0.3, -0.25) is 10.7 Å². The maximum absolute atomic E-state index is 11.6. The van der Waals surface area contributed by atoms with Crippen molar-refractivity contribution in [2.75, 3.05) is 19.5 Å². The molecule has 0 spiro atoms. The van der Waals surface area contributed by atoms with Crippen LogP contribution in [0.3, 0.4) is 0 Å². The molecule has 2 aromatic carbocycles. The fraction of sp³-hybridized carbons (Fsp3) is 0.105. The number of halogens is 1. The summed E-state index contributed by atoms with van der Waals surface area (Å²) in [5.74, 6) is 6.39. The molecule has 0 bridgehead atoms. The molecule has 3 rings (SSSR count).